The van der Waals surface area contributed by atoms with Gasteiger partial charge in [-0.2, -0.15) is 0 Å². The lowest BCUT2D eigenvalue weighted by Gasteiger charge is -2.07. The summed E-state index contributed by atoms with van der Waals surface area (Å²) in [7, 11) is 0. The average Bonchev–Trinajstić information content (AvgIpc) is 3.08. The molecule has 0 saturated carbocycles. The Bertz CT molecular complexity index is 1040. The molecule has 0 fully saturated rings. The molecule has 0 bridgehead atoms. The van der Waals surface area contributed by atoms with E-state index in [9.17, 15) is 0 Å². The molecule has 2 heterocycles. The molecule has 0 aliphatic heterocycles. The molecular formula is C20H19N5S. The Morgan fingerprint density at radius 3 is 2.65 bits per heavy atom. The topological polar surface area (TPSA) is 82.8 Å². The van der Waals surface area contributed by atoms with Crippen LogP contribution in [0.5, 0.6) is 0 Å². The molecule has 26 heavy (non-hydrogen) atoms. The maximum atomic E-state index is 6.20. The van der Waals surface area contributed by atoms with E-state index in [1.165, 1.54) is 11.2 Å². The fourth-order valence-electron chi connectivity index (χ4n) is 3.02. The van der Waals surface area contributed by atoms with E-state index < -0.39 is 0 Å². The molecule has 0 spiro atoms. The molecule has 5 nitrogen and oxygen atoms in total. The molecule has 2 aromatic heterocycles. The Morgan fingerprint density at radius 2 is 1.85 bits per heavy atom. The predicted molar refractivity (Wildman–Crippen MR) is 108 cm³/mol. The number of hydrogen-bond acceptors (Lipinski definition) is 5. The van der Waals surface area contributed by atoms with Crippen molar-refractivity contribution in [3.05, 3.63) is 67.1 Å². The summed E-state index contributed by atoms with van der Waals surface area (Å²) in [6.07, 6.45) is 3.59. The first-order valence-corrected chi connectivity index (χ1v) is 9.37. The van der Waals surface area contributed by atoms with Crippen LogP contribution in [0, 0.1) is 0 Å². The van der Waals surface area contributed by atoms with E-state index in [4.69, 9.17) is 11.5 Å². The van der Waals surface area contributed by atoms with Crippen molar-refractivity contribution in [1.82, 2.24) is 14.5 Å². The molecule has 0 unspecified atom stereocenters. The van der Waals surface area contributed by atoms with Gasteiger partial charge in [-0.05, 0) is 23.8 Å². The van der Waals surface area contributed by atoms with E-state index in [2.05, 4.69) is 51.1 Å². The quantitative estimate of drug-likeness (QED) is 0.529. The van der Waals surface area contributed by atoms with Crippen molar-refractivity contribution in [3.8, 4) is 16.8 Å². The maximum Gasteiger partial charge on any atom is 0.150 e. The molecule has 6 heteroatoms. The molecule has 0 amide bonds. The molecule has 0 saturated heterocycles. The van der Waals surface area contributed by atoms with Gasteiger partial charge in [0.15, 0.2) is 5.65 Å². The summed E-state index contributed by atoms with van der Waals surface area (Å²) in [5, 5.41) is 0.874. The van der Waals surface area contributed by atoms with Crippen molar-refractivity contribution in [2.45, 2.75) is 4.90 Å². The van der Waals surface area contributed by atoms with Crippen LogP contribution >= 0.6 is 11.8 Å². The number of nitrogens with zero attached hydrogens (tertiary/aromatic N) is 3. The van der Waals surface area contributed by atoms with Crippen LogP contribution in [0.2, 0.25) is 0 Å². The summed E-state index contributed by atoms with van der Waals surface area (Å²) in [6.45, 7) is 0.656. The van der Waals surface area contributed by atoms with Gasteiger partial charge in [0.25, 0.3) is 0 Å². The van der Waals surface area contributed by atoms with Gasteiger partial charge in [0, 0.05) is 34.6 Å². The first kappa shape index (κ1) is 16.6. The number of thioether (sulfide) groups is 1. The lowest BCUT2D eigenvalue weighted by atomic mass is 10.1. The van der Waals surface area contributed by atoms with Crippen LogP contribution in [0.1, 0.15) is 0 Å². The zero-order chi connectivity index (χ0) is 17.9. The summed E-state index contributed by atoms with van der Waals surface area (Å²) in [6, 6.07) is 18.5. The Kier molecular flexibility index (Phi) is 4.60. The lowest BCUT2D eigenvalue weighted by Crippen LogP contribution is -2.01. The van der Waals surface area contributed by atoms with Crippen molar-refractivity contribution in [3.63, 3.8) is 0 Å². The number of rotatable bonds is 5. The van der Waals surface area contributed by atoms with E-state index in [1.807, 2.05) is 24.3 Å². The monoisotopic (exact) mass is 361 g/mol. The average molecular weight is 361 g/mol. The zero-order valence-electron chi connectivity index (χ0n) is 14.2. The molecule has 0 aliphatic carbocycles. The number of benzene rings is 2. The molecule has 130 valence electrons. The Morgan fingerprint density at radius 1 is 1.00 bits per heavy atom. The highest BCUT2D eigenvalue weighted by Gasteiger charge is 2.16. The summed E-state index contributed by atoms with van der Waals surface area (Å²) in [4.78, 5) is 9.87. The number of hydrogen-bond donors (Lipinski definition) is 2. The van der Waals surface area contributed by atoms with Crippen molar-refractivity contribution in [2.24, 2.45) is 5.73 Å². The largest absolute Gasteiger partial charge is 0.383 e. The summed E-state index contributed by atoms with van der Waals surface area (Å²) in [5.41, 5.74) is 15.8. The Hall–Kier alpha value is -2.83. The molecule has 4 rings (SSSR count). The van der Waals surface area contributed by atoms with Crippen molar-refractivity contribution in [1.29, 1.82) is 0 Å². The van der Waals surface area contributed by atoms with Gasteiger partial charge in [0.1, 0.15) is 12.1 Å². The second kappa shape index (κ2) is 7.19. The Labute approximate surface area is 156 Å². The highest BCUT2D eigenvalue weighted by molar-refractivity contribution is 7.99. The van der Waals surface area contributed by atoms with Gasteiger partial charge in [0.2, 0.25) is 0 Å². The number of nitrogen functional groups attached to an aromatic ring is 1. The van der Waals surface area contributed by atoms with E-state index in [0.717, 1.165) is 33.6 Å². The minimum atomic E-state index is 0.487. The predicted octanol–water partition coefficient (Wildman–Crippen LogP) is 3.72. The van der Waals surface area contributed by atoms with Gasteiger partial charge >= 0.3 is 0 Å². The highest BCUT2D eigenvalue weighted by Crippen LogP contribution is 2.34. The molecular weight excluding hydrogens is 342 g/mol. The van der Waals surface area contributed by atoms with Crippen LogP contribution in [0.25, 0.3) is 27.8 Å². The van der Waals surface area contributed by atoms with Gasteiger partial charge in [-0.1, -0.05) is 36.4 Å². The molecule has 0 radical (unpaired) electrons. The van der Waals surface area contributed by atoms with Crippen LogP contribution in [-0.2, 0) is 0 Å². The van der Waals surface area contributed by atoms with Gasteiger partial charge in [-0.25, -0.2) is 9.97 Å². The van der Waals surface area contributed by atoms with Crippen LogP contribution in [0.15, 0.2) is 72.0 Å². The third kappa shape index (κ3) is 3.05. The zero-order valence-corrected chi connectivity index (χ0v) is 15.0. The number of aromatic nitrogens is 3. The molecule has 0 aliphatic rings. The van der Waals surface area contributed by atoms with Crippen LogP contribution in [0.3, 0.4) is 0 Å². The van der Waals surface area contributed by atoms with Gasteiger partial charge < -0.3 is 16.0 Å². The van der Waals surface area contributed by atoms with Crippen LogP contribution in [-0.4, -0.2) is 26.8 Å². The van der Waals surface area contributed by atoms with E-state index in [0.29, 0.717) is 12.4 Å². The standard InChI is InChI=1S/C20H19N5S/c21-9-10-26-16-8-4-7-15(11-16)25-12-17(14-5-2-1-3-6-14)18-19(22)23-13-24-20(18)25/h1-8,11-13H,9-10,21H2,(H2,22,23,24). The minimum Gasteiger partial charge on any atom is -0.383 e. The van der Waals surface area contributed by atoms with Crippen LogP contribution in [0.4, 0.5) is 5.82 Å². The summed E-state index contributed by atoms with van der Waals surface area (Å²) >= 11 is 1.75. The fourth-order valence-corrected chi connectivity index (χ4v) is 3.75. The second-order valence-electron chi connectivity index (χ2n) is 5.87. The third-order valence-corrected chi connectivity index (χ3v) is 5.21. The van der Waals surface area contributed by atoms with Crippen LogP contribution < -0.4 is 11.5 Å². The highest BCUT2D eigenvalue weighted by atomic mass is 32.2. The molecule has 2 aromatic carbocycles. The second-order valence-corrected chi connectivity index (χ2v) is 7.04. The maximum absolute atomic E-state index is 6.20. The minimum absolute atomic E-state index is 0.487. The van der Waals surface area contributed by atoms with E-state index >= 15 is 0 Å². The SMILES string of the molecule is NCCSc1cccc(-n2cc(-c3ccccc3)c3c(N)ncnc32)c1. The van der Waals surface area contributed by atoms with Gasteiger partial charge in [0.05, 0.1) is 5.39 Å². The van der Waals surface area contributed by atoms with E-state index in [1.54, 1.807) is 11.8 Å². The molecule has 4 N–H and O–H groups in total. The number of fused-ring (bicyclic) bond motifs is 1. The number of nitrogens with two attached hydrogens (primary N) is 2. The van der Waals surface area contributed by atoms with Crippen molar-refractivity contribution < 1.29 is 0 Å². The van der Waals surface area contributed by atoms with Crippen molar-refractivity contribution >= 4 is 28.6 Å². The lowest BCUT2D eigenvalue weighted by molar-refractivity contribution is 1.07. The normalized spacial score (nSPS) is 11.1. The smallest absolute Gasteiger partial charge is 0.150 e. The van der Waals surface area contributed by atoms with Gasteiger partial charge in [-0.3, -0.25) is 0 Å². The van der Waals surface area contributed by atoms with Gasteiger partial charge in [-0.15, -0.1) is 11.8 Å². The third-order valence-electron chi connectivity index (χ3n) is 4.18. The first-order valence-electron chi connectivity index (χ1n) is 8.38. The van der Waals surface area contributed by atoms with E-state index in [-0.39, 0.29) is 0 Å². The first-order chi connectivity index (χ1) is 12.8. The fraction of sp³-hybridized carbons (Fsp3) is 0.100. The summed E-state index contributed by atoms with van der Waals surface area (Å²) in [5.74, 6) is 1.38. The molecule has 4 aromatic rings. The van der Waals surface area contributed by atoms with Crippen molar-refractivity contribution in [2.75, 3.05) is 18.0 Å². The summed E-state index contributed by atoms with van der Waals surface area (Å²) < 4.78 is 2.07. The molecule has 0 atom stereocenters. The number of anilines is 1. The Balaban J connectivity index is 1.90.